The zero-order valence-corrected chi connectivity index (χ0v) is 14.9. The maximum absolute atomic E-state index is 5.39. The minimum absolute atomic E-state index is 0.781. The average molecular weight is 431 g/mol. The van der Waals surface area contributed by atoms with E-state index in [9.17, 15) is 0 Å². The van der Waals surface area contributed by atoms with Gasteiger partial charge < -0.3 is 13.3 Å². The smallest absolute Gasteiger partial charge is 0.377 e. The number of halogens is 2. The molecule has 0 heterocycles. The van der Waals surface area contributed by atoms with Crippen LogP contribution < -0.4 is 0 Å². The van der Waals surface area contributed by atoms with E-state index in [1.165, 1.54) is 9.13 Å². The van der Waals surface area contributed by atoms with Crippen LogP contribution in [0.5, 0.6) is 0 Å². The molecule has 3 nitrogen and oxygen atoms in total. The van der Waals surface area contributed by atoms with Crippen molar-refractivity contribution in [3.8, 4) is 0 Å². The largest absolute Gasteiger partial charge is 0.500 e. The summed E-state index contributed by atoms with van der Waals surface area (Å²) in [4.78, 5) is 0. The van der Waals surface area contributed by atoms with E-state index in [0.29, 0.717) is 0 Å². The van der Waals surface area contributed by atoms with Gasteiger partial charge in [0.2, 0.25) is 0 Å². The lowest BCUT2D eigenvalue weighted by Gasteiger charge is -2.24. The van der Waals surface area contributed by atoms with Gasteiger partial charge >= 0.3 is 8.80 Å². The van der Waals surface area contributed by atoms with E-state index in [1.54, 1.807) is 21.3 Å². The maximum atomic E-state index is 5.39. The van der Waals surface area contributed by atoms with Gasteiger partial charge in [0.05, 0.1) is 0 Å². The number of hydrogen-bond acceptors (Lipinski definition) is 3. The third-order valence-corrected chi connectivity index (χ3v) is 7.70. The molecule has 1 aromatic rings. The minimum atomic E-state index is -2.45. The van der Waals surface area contributed by atoms with Crippen molar-refractivity contribution in [2.24, 2.45) is 0 Å². The molecule has 96 valence electrons. The molecule has 1 aromatic carbocycles. The molecule has 0 saturated heterocycles. The van der Waals surface area contributed by atoms with E-state index in [1.807, 2.05) is 0 Å². The molecule has 0 unspecified atom stereocenters. The van der Waals surface area contributed by atoms with Gasteiger partial charge in [0, 0.05) is 35.4 Å². The first-order chi connectivity index (χ1) is 8.06. The van der Waals surface area contributed by atoms with Crippen LogP contribution in [-0.2, 0) is 19.7 Å². The number of aryl methyl sites for hydroxylation is 1. The van der Waals surface area contributed by atoms with Gasteiger partial charge in [-0.05, 0) is 62.6 Å². The summed E-state index contributed by atoms with van der Waals surface area (Å²) in [7, 11) is 2.48. The van der Waals surface area contributed by atoms with Gasteiger partial charge in [0.15, 0.2) is 0 Å². The van der Waals surface area contributed by atoms with Crippen molar-refractivity contribution in [2.45, 2.75) is 12.5 Å². The second kappa shape index (κ2) is 7.20. The van der Waals surface area contributed by atoms with Crippen LogP contribution in [0.15, 0.2) is 22.7 Å². The zero-order valence-electron chi connectivity index (χ0n) is 10.1. The molecule has 1 rings (SSSR count). The van der Waals surface area contributed by atoms with Gasteiger partial charge in [-0.25, -0.2) is 0 Å². The number of benzene rings is 1. The molecule has 0 aliphatic rings. The highest BCUT2D eigenvalue weighted by atomic mass is 127. The summed E-state index contributed by atoms with van der Waals surface area (Å²) in [5, 5.41) is 0. The fourth-order valence-corrected chi connectivity index (χ4v) is 4.02. The average Bonchev–Trinajstić information content (AvgIpc) is 2.36. The molecule has 0 fully saturated rings. The van der Waals surface area contributed by atoms with Crippen LogP contribution in [0.3, 0.4) is 0 Å². The molecular weight excluding hydrogens is 415 g/mol. The molecule has 0 aliphatic heterocycles. The Labute approximate surface area is 125 Å². The van der Waals surface area contributed by atoms with Crippen LogP contribution in [0.2, 0.25) is 6.04 Å². The Morgan fingerprint density at radius 1 is 1.18 bits per heavy atom. The summed E-state index contributed by atoms with van der Waals surface area (Å²) in [5.41, 5.74) is 1.25. The fourth-order valence-electron chi connectivity index (χ4n) is 1.55. The quantitative estimate of drug-likeness (QED) is 0.510. The van der Waals surface area contributed by atoms with E-state index in [4.69, 9.17) is 13.3 Å². The molecule has 6 heteroatoms. The van der Waals surface area contributed by atoms with Crippen LogP contribution in [0.25, 0.3) is 0 Å². The molecule has 0 atom stereocenters. The van der Waals surface area contributed by atoms with Gasteiger partial charge in [-0.15, -0.1) is 0 Å². The SMILES string of the molecule is CO[Si](CCc1ccc(I)c(Br)c1)(OC)OC. The standard InChI is InChI=1S/C11H16BrIO3Si/c1-14-17(15-2,16-3)7-6-9-4-5-11(13)10(12)8-9/h4-5,8H,6-7H2,1-3H3. The maximum Gasteiger partial charge on any atom is 0.500 e. The topological polar surface area (TPSA) is 27.7 Å². The first-order valence-corrected chi connectivity index (χ1v) is 8.96. The van der Waals surface area contributed by atoms with Gasteiger partial charge in [-0.2, -0.15) is 0 Å². The van der Waals surface area contributed by atoms with E-state index in [2.05, 4.69) is 56.7 Å². The Bertz CT molecular complexity index is 363. The number of hydrogen-bond donors (Lipinski definition) is 0. The molecule has 0 saturated carbocycles. The molecule has 0 amide bonds. The van der Waals surface area contributed by atoms with Crippen molar-refractivity contribution in [3.05, 3.63) is 31.8 Å². The molecule has 17 heavy (non-hydrogen) atoms. The van der Waals surface area contributed by atoms with E-state index >= 15 is 0 Å². The third kappa shape index (κ3) is 4.29. The fraction of sp³-hybridized carbons (Fsp3) is 0.455. The Balaban J connectivity index is 2.68. The monoisotopic (exact) mass is 430 g/mol. The number of rotatable bonds is 6. The van der Waals surface area contributed by atoms with Crippen molar-refractivity contribution in [2.75, 3.05) is 21.3 Å². The first-order valence-electron chi connectivity index (χ1n) is 5.16. The van der Waals surface area contributed by atoms with Crippen LogP contribution in [0, 0.1) is 3.57 Å². The van der Waals surface area contributed by atoms with Gasteiger partial charge in [-0.1, -0.05) is 6.07 Å². The van der Waals surface area contributed by atoms with Gasteiger partial charge in [-0.3, -0.25) is 0 Å². The summed E-state index contributed by atoms with van der Waals surface area (Å²) < 4.78 is 18.5. The summed E-state index contributed by atoms with van der Waals surface area (Å²) in [6.45, 7) is 0. The Morgan fingerprint density at radius 3 is 2.24 bits per heavy atom. The van der Waals surface area contributed by atoms with Crippen molar-refractivity contribution < 1.29 is 13.3 Å². The van der Waals surface area contributed by atoms with Crippen LogP contribution in [-0.4, -0.2) is 30.1 Å². The molecule has 0 aliphatic carbocycles. The Hall–Kier alpha value is 0.527. The van der Waals surface area contributed by atoms with E-state index in [0.717, 1.165) is 16.9 Å². The summed E-state index contributed by atoms with van der Waals surface area (Å²) in [6.07, 6.45) is 0.886. The van der Waals surface area contributed by atoms with Crippen molar-refractivity contribution in [1.82, 2.24) is 0 Å². The highest BCUT2D eigenvalue weighted by Gasteiger charge is 2.37. The molecular formula is C11H16BrIO3Si. The molecule has 0 spiro atoms. The van der Waals surface area contributed by atoms with Crippen LogP contribution >= 0.6 is 38.5 Å². The summed E-state index contributed by atoms with van der Waals surface area (Å²) in [5.74, 6) is 0. The summed E-state index contributed by atoms with van der Waals surface area (Å²) >= 11 is 5.82. The predicted molar refractivity (Wildman–Crippen MR) is 82.2 cm³/mol. The van der Waals surface area contributed by atoms with Gasteiger partial charge in [0.1, 0.15) is 0 Å². The lowest BCUT2D eigenvalue weighted by molar-refractivity contribution is 0.123. The van der Waals surface area contributed by atoms with Crippen molar-refractivity contribution in [1.29, 1.82) is 0 Å². The van der Waals surface area contributed by atoms with Crippen molar-refractivity contribution >= 4 is 47.3 Å². The molecule has 0 aromatic heterocycles. The van der Waals surface area contributed by atoms with Gasteiger partial charge in [0.25, 0.3) is 0 Å². The Morgan fingerprint density at radius 2 is 1.76 bits per heavy atom. The zero-order chi connectivity index (χ0) is 12.9. The normalized spacial score (nSPS) is 11.8. The van der Waals surface area contributed by atoms with Crippen LogP contribution in [0.1, 0.15) is 5.56 Å². The molecule has 0 radical (unpaired) electrons. The van der Waals surface area contributed by atoms with E-state index < -0.39 is 8.80 Å². The Kier molecular flexibility index (Phi) is 6.60. The predicted octanol–water partition coefficient (Wildman–Crippen LogP) is 3.47. The lowest BCUT2D eigenvalue weighted by Crippen LogP contribution is -2.43. The summed E-state index contributed by atoms with van der Waals surface area (Å²) in [6, 6.07) is 7.12. The highest BCUT2D eigenvalue weighted by molar-refractivity contribution is 14.1. The lowest BCUT2D eigenvalue weighted by atomic mass is 10.2. The van der Waals surface area contributed by atoms with E-state index in [-0.39, 0.29) is 0 Å². The second-order valence-corrected chi connectivity index (χ2v) is 8.65. The van der Waals surface area contributed by atoms with Crippen LogP contribution in [0.4, 0.5) is 0 Å². The third-order valence-electron chi connectivity index (χ3n) is 2.64. The first kappa shape index (κ1) is 15.6. The molecule has 0 bridgehead atoms. The minimum Gasteiger partial charge on any atom is -0.377 e. The highest BCUT2D eigenvalue weighted by Crippen LogP contribution is 2.23. The second-order valence-electron chi connectivity index (χ2n) is 3.54. The molecule has 0 N–H and O–H groups in total. The van der Waals surface area contributed by atoms with Crippen molar-refractivity contribution in [3.63, 3.8) is 0 Å².